The third-order valence-electron chi connectivity index (χ3n) is 0.348. The maximum atomic E-state index is 9.82. The summed E-state index contributed by atoms with van der Waals surface area (Å²) in [5, 5.41) is 0. The zero-order valence-electron chi connectivity index (χ0n) is 7.23. The normalized spacial score (nSPS) is 5.75. The van der Waals surface area contributed by atoms with Crippen molar-refractivity contribution in [3.05, 3.63) is 0 Å². The molecule has 2 N–H and O–H groups in total. The molecule has 0 aliphatic heterocycles. The average Bonchev–Trinajstić information content (AvgIpc) is 1.35. The molecule has 8 heavy (non-hydrogen) atoms. The van der Waals surface area contributed by atoms with Gasteiger partial charge >= 0.3 is 43.7 Å². The van der Waals surface area contributed by atoms with Gasteiger partial charge in [0.2, 0.25) is 0 Å². The first-order valence-electron chi connectivity index (χ1n) is 1.90. The number of hydrogen-bond acceptors (Lipinski definition) is 2. The molecule has 0 fully saturated rings. The van der Waals surface area contributed by atoms with Gasteiger partial charge in [-0.2, -0.15) is 0 Å². The number of rotatable bonds is 1. The van der Waals surface area contributed by atoms with E-state index < -0.39 is 0 Å². The van der Waals surface area contributed by atoms with Crippen LogP contribution in [-0.4, -0.2) is 55.8 Å². The summed E-state index contributed by atoms with van der Waals surface area (Å²) in [6, 6.07) is 0. The second-order valence-corrected chi connectivity index (χ2v) is 0.925. The Balaban J connectivity index is -0.0000000208. The van der Waals surface area contributed by atoms with Gasteiger partial charge in [0.25, 0.3) is 0 Å². The van der Waals surface area contributed by atoms with E-state index in [0.717, 1.165) is 0 Å². The Bertz CT molecular complexity index is 62.5. The quantitative estimate of drug-likeness (QED) is 0.375. The fraction of sp³-hybridized carbons (Fsp3) is 0.750. The minimum atomic E-state index is -0.211. The van der Waals surface area contributed by atoms with Crippen LogP contribution in [-0.2, 0) is 9.53 Å². The molecule has 48 valence electrons. The fourth-order valence-electron chi connectivity index (χ4n) is 0.203. The van der Waals surface area contributed by atoms with Crippen molar-refractivity contribution in [2.24, 2.45) is 0 Å². The number of hydrogen-bond donors (Lipinski definition) is 0. The van der Waals surface area contributed by atoms with Gasteiger partial charge in [-0.1, -0.05) is 0 Å². The Morgan fingerprint density at radius 1 is 1.75 bits per heavy atom. The Kier molecular flexibility index (Phi) is 21.1. The molecule has 0 aromatic heterocycles. The average molecular weight is 148 g/mol. The van der Waals surface area contributed by atoms with Gasteiger partial charge in [0, 0.05) is 6.92 Å². The van der Waals surface area contributed by atoms with E-state index >= 15 is 0 Å². The number of carbonyl (C=O) groups excluding carboxylic acids is 1. The summed E-state index contributed by atoms with van der Waals surface area (Å²) in [6.07, 6.45) is 0. The molecule has 0 atom stereocenters. The van der Waals surface area contributed by atoms with E-state index in [4.69, 9.17) is 0 Å². The van der Waals surface area contributed by atoms with E-state index in [1.807, 2.05) is 0 Å². The molecular weight excluding hydrogens is 136 g/mol. The number of esters is 1. The third-order valence-corrected chi connectivity index (χ3v) is 0.348. The molecule has 0 aliphatic rings. The van der Waals surface area contributed by atoms with Gasteiger partial charge in [-0.25, -0.2) is 0 Å². The van der Waals surface area contributed by atoms with Gasteiger partial charge in [-0.15, -0.1) is 0 Å². The van der Waals surface area contributed by atoms with Crippen molar-refractivity contribution in [1.82, 2.24) is 0 Å². The minimum absolute atomic E-state index is 0. The first-order valence-corrected chi connectivity index (χ1v) is 1.90. The molecule has 0 amide bonds. The van der Waals surface area contributed by atoms with Crippen molar-refractivity contribution in [3.8, 4) is 0 Å². The Hall–Kier alpha value is 0.690. The minimum Gasteiger partial charge on any atom is -1.00 e. The summed E-state index contributed by atoms with van der Waals surface area (Å²) >= 11 is 0. The van der Waals surface area contributed by atoms with Gasteiger partial charge in [0.15, 0.2) is 0 Å². The standard InChI is InChI=1S/C4H8O2.Ca.H2O.2H/c1-3-6-4(2)5;;;;/h3H2,1-2H3;;1H2;;/q;+2;;2*-1. The van der Waals surface area contributed by atoms with E-state index in [9.17, 15) is 4.79 Å². The maximum absolute atomic E-state index is 9.82. The van der Waals surface area contributed by atoms with E-state index in [0.29, 0.717) is 6.61 Å². The molecule has 0 heterocycles. The van der Waals surface area contributed by atoms with Gasteiger partial charge < -0.3 is 13.1 Å². The van der Waals surface area contributed by atoms with Gasteiger partial charge in [0.05, 0.1) is 6.61 Å². The molecule has 0 rings (SSSR count). The summed E-state index contributed by atoms with van der Waals surface area (Å²) in [4.78, 5) is 9.82. The summed E-state index contributed by atoms with van der Waals surface area (Å²) in [5.41, 5.74) is 0. The predicted molar refractivity (Wildman–Crippen MR) is 33.9 cm³/mol. The maximum Gasteiger partial charge on any atom is 2.00 e. The first kappa shape index (κ1) is 15.9. The van der Waals surface area contributed by atoms with Gasteiger partial charge in [0.1, 0.15) is 0 Å². The zero-order valence-corrected chi connectivity index (χ0v) is 7.44. The molecular formula is C4H12CaO3. The summed E-state index contributed by atoms with van der Waals surface area (Å²) in [6.45, 7) is 3.65. The molecule has 0 aliphatic carbocycles. The molecule has 4 heteroatoms. The molecule has 3 nitrogen and oxygen atoms in total. The van der Waals surface area contributed by atoms with Crippen LogP contribution < -0.4 is 0 Å². The van der Waals surface area contributed by atoms with E-state index in [1.165, 1.54) is 6.92 Å². The van der Waals surface area contributed by atoms with E-state index in [2.05, 4.69) is 4.74 Å². The fourth-order valence-corrected chi connectivity index (χ4v) is 0.203. The molecule has 0 aromatic carbocycles. The van der Waals surface area contributed by atoms with Crippen molar-refractivity contribution >= 4 is 43.7 Å². The molecule has 0 spiro atoms. The predicted octanol–water partition coefficient (Wildman–Crippen LogP) is -0.411. The van der Waals surface area contributed by atoms with Crippen LogP contribution in [0.1, 0.15) is 16.7 Å². The van der Waals surface area contributed by atoms with Crippen LogP contribution in [0.3, 0.4) is 0 Å². The van der Waals surface area contributed by atoms with Gasteiger partial charge in [-0.05, 0) is 6.92 Å². The SMILES string of the molecule is CCOC(C)=O.O.[Ca+2].[H-].[H-]. The zero-order chi connectivity index (χ0) is 4.99. The molecule has 0 unspecified atom stereocenters. The Morgan fingerprint density at radius 3 is 2.12 bits per heavy atom. The van der Waals surface area contributed by atoms with Gasteiger partial charge in [-0.3, -0.25) is 4.79 Å². The third kappa shape index (κ3) is 15.9. The van der Waals surface area contributed by atoms with Crippen LogP contribution in [0.25, 0.3) is 0 Å². The number of ether oxygens (including phenoxy) is 1. The monoisotopic (exact) mass is 148 g/mol. The topological polar surface area (TPSA) is 57.8 Å². The van der Waals surface area contributed by atoms with Crippen LogP contribution in [0.2, 0.25) is 0 Å². The van der Waals surface area contributed by atoms with E-state index in [-0.39, 0.29) is 52.0 Å². The second-order valence-electron chi connectivity index (χ2n) is 0.925. The van der Waals surface area contributed by atoms with E-state index in [1.54, 1.807) is 6.92 Å². The molecule has 0 aromatic rings. The van der Waals surface area contributed by atoms with Crippen LogP contribution in [0.15, 0.2) is 0 Å². The molecule has 0 bridgehead atoms. The van der Waals surface area contributed by atoms with Crippen molar-refractivity contribution < 1.29 is 17.9 Å². The first-order chi connectivity index (χ1) is 2.77. The van der Waals surface area contributed by atoms with Crippen molar-refractivity contribution in [3.63, 3.8) is 0 Å². The molecule has 0 saturated heterocycles. The summed E-state index contributed by atoms with van der Waals surface area (Å²) in [5.74, 6) is -0.211. The Labute approximate surface area is 81.7 Å². The summed E-state index contributed by atoms with van der Waals surface area (Å²) < 4.78 is 4.40. The largest absolute Gasteiger partial charge is 2.00 e. The van der Waals surface area contributed by atoms with Crippen LogP contribution in [0.5, 0.6) is 0 Å². The molecule has 0 radical (unpaired) electrons. The van der Waals surface area contributed by atoms with Crippen molar-refractivity contribution in [2.45, 2.75) is 13.8 Å². The van der Waals surface area contributed by atoms with Crippen molar-refractivity contribution in [2.75, 3.05) is 6.61 Å². The van der Waals surface area contributed by atoms with Crippen LogP contribution in [0, 0.1) is 0 Å². The summed E-state index contributed by atoms with van der Waals surface area (Å²) in [7, 11) is 0. The smallest absolute Gasteiger partial charge is 1.00 e. The van der Waals surface area contributed by atoms with Crippen molar-refractivity contribution in [1.29, 1.82) is 0 Å². The Morgan fingerprint density at radius 2 is 2.12 bits per heavy atom. The second kappa shape index (κ2) is 10.6. The molecule has 0 saturated carbocycles. The van der Waals surface area contributed by atoms with Crippen LogP contribution >= 0.6 is 0 Å². The number of carbonyl (C=O) groups is 1. The van der Waals surface area contributed by atoms with Crippen LogP contribution in [0.4, 0.5) is 0 Å².